The lowest BCUT2D eigenvalue weighted by molar-refractivity contribution is -0.163. The monoisotopic (exact) mass is 913 g/mol. The highest BCUT2D eigenvalue weighted by atomic mass is 16.6. The number of aliphatic hydroxyl groups is 1. The van der Waals surface area contributed by atoms with Crippen molar-refractivity contribution in [3.63, 3.8) is 0 Å². The predicted octanol–water partition coefficient (Wildman–Crippen LogP) is 1.82. The minimum absolute atomic E-state index is 0.0403. The predicted molar refractivity (Wildman–Crippen MR) is 239 cm³/mol. The fraction of sp³-hybridized carbons (Fsp3) is 0.702. The number of ketones is 1. The minimum Gasteiger partial charge on any atom is -0.497 e. The Balaban J connectivity index is 1.82. The van der Waals surface area contributed by atoms with E-state index in [1.807, 2.05) is 20.8 Å². The molecule has 0 bridgehead atoms. The lowest BCUT2D eigenvalue weighted by Gasteiger charge is -2.35. The third kappa shape index (κ3) is 13.7. The summed E-state index contributed by atoms with van der Waals surface area (Å²) in [6, 6.07) is 0.243. The summed E-state index contributed by atoms with van der Waals surface area (Å²) in [6.45, 7) is 14.2. The number of hydrogen-bond acceptors (Lipinski definition) is 13. The molecule has 3 aliphatic rings. The quantitative estimate of drug-likeness (QED) is 0.167. The number of methoxy groups -OCH3 is 1. The van der Waals surface area contributed by atoms with Crippen LogP contribution in [0.3, 0.4) is 0 Å². The van der Waals surface area contributed by atoms with Crippen molar-refractivity contribution in [3.05, 3.63) is 29.8 Å². The van der Waals surface area contributed by atoms with E-state index in [2.05, 4.69) is 21.3 Å². The smallest absolute Gasteiger partial charge is 0.329 e. The maximum absolute atomic E-state index is 14.6. The number of hydrogen-bond donors (Lipinski definition) is 5. The van der Waals surface area contributed by atoms with Crippen molar-refractivity contribution in [3.8, 4) is 5.75 Å². The maximum atomic E-state index is 14.6. The van der Waals surface area contributed by atoms with Crippen molar-refractivity contribution in [2.24, 2.45) is 23.7 Å². The Bertz CT molecular complexity index is 1850. The van der Waals surface area contributed by atoms with Crippen LogP contribution >= 0.6 is 0 Å². The number of benzene rings is 1. The van der Waals surface area contributed by atoms with Crippen LogP contribution in [-0.4, -0.2) is 144 Å². The molecule has 0 saturated carbocycles. The van der Waals surface area contributed by atoms with Crippen LogP contribution in [0, 0.1) is 23.7 Å². The molecule has 0 unspecified atom stereocenters. The Hall–Kier alpha value is -5.10. The number of fused-ring (bicyclic) bond motifs is 1. The number of carbonyl (C=O) groups excluding carboxylic acids is 8. The molecule has 11 atom stereocenters. The Labute approximate surface area is 383 Å². The van der Waals surface area contributed by atoms with E-state index >= 15 is 0 Å². The molecule has 18 heteroatoms. The zero-order valence-corrected chi connectivity index (χ0v) is 39.7. The lowest BCUT2D eigenvalue weighted by Crippen LogP contribution is -2.61. The molecule has 3 heterocycles. The van der Waals surface area contributed by atoms with Gasteiger partial charge in [-0.3, -0.25) is 33.6 Å². The van der Waals surface area contributed by atoms with Gasteiger partial charge in [-0.2, -0.15) is 0 Å². The van der Waals surface area contributed by atoms with Gasteiger partial charge in [0.25, 0.3) is 0 Å². The molecule has 3 saturated heterocycles. The van der Waals surface area contributed by atoms with E-state index in [-0.39, 0.29) is 31.7 Å². The fourth-order valence-electron chi connectivity index (χ4n) is 8.63. The van der Waals surface area contributed by atoms with E-state index in [1.54, 1.807) is 45.0 Å². The van der Waals surface area contributed by atoms with Crippen LogP contribution in [0.5, 0.6) is 5.75 Å². The van der Waals surface area contributed by atoms with E-state index in [9.17, 15) is 43.5 Å². The SMILES string of the molecule is CC[C@H](C)[C@H]1NC(=O)[C@@H](NC(=O)[C@H]2CCCN2)[C@@H](C)OC(=O)[C@H](Cc2ccc(OC)cc2)N(C)C(=O)[C@@H]2CCCN2C(=O)[C@H](CC(C)C)NC(=O)[C@@H](C)C(=O)[C@H](C(C)C)OC(=O)C[C@@H]1O. The van der Waals surface area contributed by atoms with Gasteiger partial charge in [-0.05, 0) is 87.9 Å². The number of cyclic esters (lactones) is 2. The highest BCUT2D eigenvalue weighted by molar-refractivity contribution is 6.05. The van der Waals surface area contributed by atoms with Gasteiger partial charge in [0, 0.05) is 20.0 Å². The van der Waals surface area contributed by atoms with E-state index in [0.717, 1.165) is 6.42 Å². The second-order valence-electron chi connectivity index (χ2n) is 18.6. The molecule has 65 heavy (non-hydrogen) atoms. The zero-order chi connectivity index (χ0) is 48.3. The second kappa shape index (κ2) is 23.9. The topological polar surface area (TPSA) is 239 Å². The minimum atomic E-state index is -1.54. The number of carbonyl (C=O) groups is 8. The molecular formula is C47H72N6O12. The summed E-state index contributed by atoms with van der Waals surface area (Å²) in [7, 11) is 2.96. The van der Waals surface area contributed by atoms with Crippen LogP contribution in [0.1, 0.15) is 106 Å². The van der Waals surface area contributed by atoms with Crippen molar-refractivity contribution < 1.29 is 57.7 Å². The zero-order valence-electron chi connectivity index (χ0n) is 39.7. The third-order valence-electron chi connectivity index (χ3n) is 12.9. The van der Waals surface area contributed by atoms with Crippen LogP contribution < -0.4 is 26.0 Å². The van der Waals surface area contributed by atoms with Crippen LogP contribution in [0.4, 0.5) is 0 Å². The molecule has 0 spiro atoms. The molecule has 0 aliphatic carbocycles. The molecule has 5 amide bonds. The molecule has 5 N–H and O–H groups in total. The standard InChI is InChI=1S/C47H72N6O12/c1-11-27(6)38-36(54)24-37(55)65-41(26(4)5)40(56)28(7)42(57)49-33(22-25(2)3)45(60)53-21-13-15-34(53)46(61)52(9)35(23-30-16-18-31(63-10)19-17-30)47(62)64-29(8)39(44(59)50-38)51-43(58)32-14-12-20-48-32/h16-19,25-29,32-36,38-39,41,48,54H,11-15,20-24H2,1-10H3,(H,49,57)(H,50,59)(H,51,58)/t27-,28-,29+,32+,33-,34-,35-,36-,38+,39-,41-/m0/s1. The largest absolute Gasteiger partial charge is 0.497 e. The second-order valence-corrected chi connectivity index (χ2v) is 18.6. The van der Waals surface area contributed by atoms with Crippen molar-refractivity contribution >= 4 is 47.3 Å². The van der Waals surface area contributed by atoms with Crippen molar-refractivity contribution in [2.45, 2.75) is 161 Å². The molecule has 3 aliphatic heterocycles. The molecule has 1 aromatic rings. The molecule has 0 radical (unpaired) electrons. The number of ether oxygens (including phenoxy) is 3. The first kappa shape index (κ1) is 52.5. The summed E-state index contributed by atoms with van der Waals surface area (Å²) in [6.07, 6.45) is -2.38. The van der Waals surface area contributed by atoms with Crippen molar-refractivity contribution in [1.82, 2.24) is 31.1 Å². The van der Waals surface area contributed by atoms with E-state index in [4.69, 9.17) is 14.2 Å². The third-order valence-corrected chi connectivity index (χ3v) is 12.9. The van der Waals surface area contributed by atoms with Crippen LogP contribution in [0.15, 0.2) is 24.3 Å². The van der Waals surface area contributed by atoms with Gasteiger partial charge in [-0.25, -0.2) is 4.79 Å². The van der Waals surface area contributed by atoms with Crippen LogP contribution in [0.25, 0.3) is 0 Å². The number of esters is 2. The molecule has 3 fully saturated rings. The van der Waals surface area contributed by atoms with Gasteiger partial charge in [-0.15, -0.1) is 0 Å². The Morgan fingerprint density at radius 3 is 2.18 bits per heavy atom. The summed E-state index contributed by atoms with van der Waals surface area (Å²) in [5, 5.41) is 23.0. The first-order chi connectivity index (χ1) is 30.7. The Morgan fingerprint density at radius 1 is 0.923 bits per heavy atom. The highest BCUT2D eigenvalue weighted by Crippen LogP contribution is 2.26. The first-order valence-electron chi connectivity index (χ1n) is 23.1. The Morgan fingerprint density at radius 2 is 1.60 bits per heavy atom. The summed E-state index contributed by atoms with van der Waals surface area (Å²) >= 11 is 0. The number of rotatable bonds is 10. The number of nitrogens with one attached hydrogen (secondary N) is 4. The lowest BCUT2D eigenvalue weighted by atomic mass is 9.91. The Kier molecular flexibility index (Phi) is 19.3. The van der Waals surface area contributed by atoms with Crippen LogP contribution in [0.2, 0.25) is 0 Å². The number of aliphatic hydroxyl groups excluding tert-OH is 1. The maximum Gasteiger partial charge on any atom is 0.329 e. The van der Waals surface area contributed by atoms with E-state index in [0.29, 0.717) is 37.1 Å². The van der Waals surface area contributed by atoms with Crippen molar-refractivity contribution in [1.29, 1.82) is 0 Å². The number of likely N-dealkylation sites (N-methyl/N-ethyl adjacent to an activating group) is 1. The van der Waals surface area contributed by atoms with Gasteiger partial charge in [0.05, 0.1) is 37.6 Å². The van der Waals surface area contributed by atoms with Gasteiger partial charge in [-0.1, -0.05) is 60.1 Å². The van der Waals surface area contributed by atoms with Gasteiger partial charge in [0.1, 0.15) is 36.0 Å². The summed E-state index contributed by atoms with van der Waals surface area (Å²) in [4.78, 5) is 116. The van der Waals surface area contributed by atoms with Crippen LogP contribution in [-0.2, 0) is 54.3 Å². The summed E-state index contributed by atoms with van der Waals surface area (Å²) in [5.74, 6) is -7.66. The fourth-order valence-corrected chi connectivity index (χ4v) is 8.63. The number of amides is 5. The normalized spacial score (nSPS) is 30.1. The molecular weight excluding hydrogens is 841 g/mol. The van der Waals surface area contributed by atoms with Gasteiger partial charge in [0.15, 0.2) is 11.9 Å². The molecule has 4 rings (SSSR count). The summed E-state index contributed by atoms with van der Waals surface area (Å²) in [5.41, 5.74) is 0.638. The van der Waals surface area contributed by atoms with E-state index < -0.39 is 126 Å². The summed E-state index contributed by atoms with van der Waals surface area (Å²) < 4.78 is 17.0. The average molecular weight is 913 g/mol. The highest BCUT2D eigenvalue weighted by Gasteiger charge is 2.44. The number of Topliss-reactive ketones (excluding diaryl/α,β-unsaturated/α-hetero) is 1. The first-order valence-corrected chi connectivity index (χ1v) is 23.1. The average Bonchev–Trinajstić information content (AvgIpc) is 4.00. The van der Waals surface area contributed by atoms with Gasteiger partial charge in [0.2, 0.25) is 29.5 Å². The molecule has 18 nitrogen and oxygen atoms in total. The number of nitrogens with zero attached hydrogens (tertiary/aromatic N) is 2. The van der Waals surface area contributed by atoms with Crippen molar-refractivity contribution in [2.75, 3.05) is 27.2 Å². The molecule has 1 aromatic carbocycles. The van der Waals surface area contributed by atoms with E-state index in [1.165, 1.54) is 37.8 Å². The molecule has 0 aromatic heterocycles. The van der Waals surface area contributed by atoms with Gasteiger partial charge < -0.3 is 50.4 Å². The van der Waals surface area contributed by atoms with Gasteiger partial charge >= 0.3 is 11.9 Å². The molecule has 362 valence electrons.